The van der Waals surface area contributed by atoms with Crippen LogP contribution in [0.3, 0.4) is 0 Å². The van der Waals surface area contributed by atoms with Crippen LogP contribution in [-0.2, 0) is 12.8 Å². The van der Waals surface area contributed by atoms with Gasteiger partial charge in [-0.25, -0.2) is 0 Å². The van der Waals surface area contributed by atoms with Crippen molar-refractivity contribution in [3.05, 3.63) is 17.2 Å². The maximum atomic E-state index is 10.6. The second kappa shape index (κ2) is 7.71. The summed E-state index contributed by atoms with van der Waals surface area (Å²) in [6.45, 7) is 6.70. The maximum Gasteiger partial charge on any atom is 0.164 e. The van der Waals surface area contributed by atoms with E-state index in [1.165, 1.54) is 18.9 Å². The van der Waals surface area contributed by atoms with Crippen molar-refractivity contribution < 1.29 is 15.3 Å². The molecule has 0 aliphatic heterocycles. The van der Waals surface area contributed by atoms with Crippen molar-refractivity contribution in [2.24, 2.45) is 5.41 Å². The molecule has 1 aromatic rings. The predicted octanol–water partition coefficient (Wildman–Crippen LogP) is 5.85. The van der Waals surface area contributed by atoms with Crippen molar-refractivity contribution in [3.8, 4) is 17.2 Å². The van der Waals surface area contributed by atoms with E-state index in [1.807, 2.05) is 0 Å². The van der Waals surface area contributed by atoms with Crippen LogP contribution < -0.4 is 0 Å². The number of benzene rings is 1. The van der Waals surface area contributed by atoms with Gasteiger partial charge in [-0.2, -0.15) is 0 Å². The van der Waals surface area contributed by atoms with Gasteiger partial charge in [0.15, 0.2) is 11.5 Å². The van der Waals surface area contributed by atoms with Gasteiger partial charge >= 0.3 is 0 Å². The Hall–Kier alpha value is -0.650. The molecule has 1 aliphatic carbocycles. The van der Waals surface area contributed by atoms with E-state index < -0.39 is 0 Å². The smallest absolute Gasteiger partial charge is 0.164 e. The number of aromatic hydroxyl groups is 3. The highest BCUT2D eigenvalue weighted by Crippen LogP contribution is 2.49. The lowest BCUT2D eigenvalue weighted by Crippen LogP contribution is -2.09. The molecule has 0 spiro atoms. The summed E-state index contributed by atoms with van der Waals surface area (Å²) >= 11 is 2.52. The molecule has 4 heteroatoms. The van der Waals surface area contributed by atoms with E-state index in [0.29, 0.717) is 20.8 Å². The number of phenolic OH excluding ortho intramolecular Hbond substituents is 3. The van der Waals surface area contributed by atoms with Gasteiger partial charge < -0.3 is 15.3 Å². The number of hydrogen-bond donors (Lipinski definition) is 3. The monoisotopic (exact) mass is 446 g/mol. The lowest BCUT2D eigenvalue weighted by molar-refractivity contribution is 0.312. The van der Waals surface area contributed by atoms with E-state index in [1.54, 1.807) is 0 Å². The number of halogens is 1. The summed E-state index contributed by atoms with van der Waals surface area (Å²) in [5.74, 6) is -0.0792. The zero-order valence-corrected chi connectivity index (χ0v) is 17.3. The topological polar surface area (TPSA) is 60.7 Å². The normalized spacial score (nSPS) is 16.3. The molecule has 1 fully saturated rings. The molecule has 0 bridgehead atoms. The molecule has 3 N–H and O–H groups in total. The summed E-state index contributed by atoms with van der Waals surface area (Å²) in [5.41, 5.74) is 1.57. The van der Waals surface area contributed by atoms with Crippen molar-refractivity contribution in [2.45, 2.75) is 82.0 Å². The van der Waals surface area contributed by atoms with Crippen LogP contribution in [0, 0.1) is 5.41 Å². The van der Waals surface area contributed by atoms with Crippen molar-refractivity contribution >= 4 is 22.6 Å². The minimum Gasteiger partial charge on any atom is -0.507 e. The Labute approximate surface area is 159 Å². The Kier molecular flexibility index (Phi) is 6.32. The number of hydrogen-bond acceptors (Lipinski definition) is 3. The zero-order chi connectivity index (χ0) is 18.0. The van der Waals surface area contributed by atoms with Gasteiger partial charge in [0.25, 0.3) is 0 Å². The van der Waals surface area contributed by atoms with Crippen molar-refractivity contribution in [2.75, 3.05) is 0 Å². The number of aryl methyl sites for hydroxylation is 1. The van der Waals surface area contributed by atoms with Crippen LogP contribution in [0.5, 0.6) is 17.2 Å². The quantitative estimate of drug-likeness (QED) is 0.193. The summed E-state index contributed by atoms with van der Waals surface area (Å²) in [4.78, 5) is 0. The second-order valence-electron chi connectivity index (χ2n) is 8.11. The average molecular weight is 446 g/mol. The van der Waals surface area contributed by atoms with Gasteiger partial charge in [0.1, 0.15) is 5.75 Å². The van der Waals surface area contributed by atoms with Crippen LogP contribution >= 0.6 is 22.6 Å². The van der Waals surface area contributed by atoms with Gasteiger partial charge in [-0.15, -0.1) is 0 Å². The molecule has 0 amide bonds. The summed E-state index contributed by atoms with van der Waals surface area (Å²) in [7, 11) is 0. The molecular formula is C20H31IO3. The molecule has 1 saturated carbocycles. The fourth-order valence-electron chi connectivity index (χ4n) is 3.09. The first-order chi connectivity index (χ1) is 11.2. The lowest BCUT2D eigenvalue weighted by Gasteiger charge is -2.22. The van der Waals surface area contributed by atoms with Gasteiger partial charge in [0.05, 0.1) is 0 Å². The van der Waals surface area contributed by atoms with E-state index in [4.69, 9.17) is 0 Å². The number of rotatable bonds is 9. The molecule has 1 aromatic carbocycles. The van der Waals surface area contributed by atoms with Crippen LogP contribution in [0.1, 0.15) is 76.8 Å². The van der Waals surface area contributed by atoms with Gasteiger partial charge in [-0.05, 0) is 68.4 Å². The summed E-state index contributed by atoms with van der Waals surface area (Å²) in [5, 5.41) is 30.7. The first kappa shape index (κ1) is 19.7. The molecule has 0 heterocycles. The Balaban J connectivity index is 2.03. The lowest BCUT2D eigenvalue weighted by atomic mass is 9.84. The molecule has 0 unspecified atom stereocenters. The molecule has 0 radical (unpaired) electrons. The maximum absolute atomic E-state index is 10.6. The first-order valence-electron chi connectivity index (χ1n) is 9.12. The average Bonchev–Trinajstić information content (AvgIpc) is 3.25. The standard InChI is InChI=1S/C20H31IO3/c1-4-19(2,3)9-5-7-14-13-16(22)18(24)15(17(14)23)8-6-10-20(21)11-12-20/h13,22-24H,4-12H2,1-3H3. The molecule has 3 nitrogen and oxygen atoms in total. The fraction of sp³-hybridized carbons (Fsp3) is 0.700. The highest BCUT2D eigenvalue weighted by Gasteiger charge is 2.38. The van der Waals surface area contributed by atoms with Gasteiger partial charge in [0, 0.05) is 8.99 Å². The Morgan fingerprint density at radius 3 is 2.33 bits per heavy atom. The van der Waals surface area contributed by atoms with Crippen LogP contribution in [0.2, 0.25) is 0 Å². The van der Waals surface area contributed by atoms with Gasteiger partial charge in [-0.1, -0.05) is 49.8 Å². The molecule has 24 heavy (non-hydrogen) atoms. The number of alkyl halides is 1. The minimum absolute atomic E-state index is 0.108. The fourth-order valence-corrected chi connectivity index (χ4v) is 3.74. The van der Waals surface area contributed by atoms with Crippen molar-refractivity contribution in [1.82, 2.24) is 0 Å². The minimum atomic E-state index is -0.150. The van der Waals surface area contributed by atoms with Crippen LogP contribution in [0.15, 0.2) is 6.07 Å². The van der Waals surface area contributed by atoms with E-state index in [9.17, 15) is 15.3 Å². The van der Waals surface area contributed by atoms with E-state index in [0.717, 1.165) is 44.1 Å². The zero-order valence-electron chi connectivity index (χ0n) is 15.2. The predicted molar refractivity (Wildman–Crippen MR) is 107 cm³/mol. The summed E-state index contributed by atoms with van der Waals surface area (Å²) < 4.78 is 0.439. The first-order valence-corrected chi connectivity index (χ1v) is 10.2. The third-order valence-electron chi connectivity index (χ3n) is 5.53. The van der Waals surface area contributed by atoms with Crippen molar-refractivity contribution in [1.29, 1.82) is 0 Å². The largest absolute Gasteiger partial charge is 0.507 e. The molecule has 136 valence electrons. The molecule has 2 rings (SSSR count). The van der Waals surface area contributed by atoms with Crippen LogP contribution in [0.4, 0.5) is 0 Å². The summed E-state index contributed by atoms with van der Waals surface area (Å²) in [6, 6.07) is 1.52. The van der Waals surface area contributed by atoms with E-state index in [2.05, 4.69) is 43.4 Å². The Bertz CT molecular complexity index is 577. The summed E-state index contributed by atoms with van der Waals surface area (Å²) in [6.07, 6.45) is 9.08. The highest BCUT2D eigenvalue weighted by molar-refractivity contribution is 14.1. The third-order valence-corrected chi connectivity index (χ3v) is 7.15. The van der Waals surface area contributed by atoms with E-state index >= 15 is 0 Å². The molecule has 0 aromatic heterocycles. The Morgan fingerprint density at radius 2 is 1.75 bits per heavy atom. The highest BCUT2D eigenvalue weighted by atomic mass is 127. The van der Waals surface area contributed by atoms with Crippen LogP contribution in [0.25, 0.3) is 0 Å². The molecule has 1 aliphatic rings. The number of phenols is 3. The molecule has 0 atom stereocenters. The van der Waals surface area contributed by atoms with Gasteiger partial charge in [0.2, 0.25) is 0 Å². The third kappa shape index (κ3) is 5.17. The van der Waals surface area contributed by atoms with Gasteiger partial charge in [-0.3, -0.25) is 0 Å². The van der Waals surface area contributed by atoms with E-state index in [-0.39, 0.29) is 17.2 Å². The van der Waals surface area contributed by atoms with Crippen molar-refractivity contribution in [3.63, 3.8) is 0 Å². The van der Waals surface area contributed by atoms with Crippen LogP contribution in [-0.4, -0.2) is 18.7 Å². The second-order valence-corrected chi connectivity index (χ2v) is 10.4. The molecule has 0 saturated heterocycles. The Morgan fingerprint density at radius 1 is 1.08 bits per heavy atom. The SMILES string of the molecule is CCC(C)(C)CCCc1cc(O)c(O)c(CCCC2(I)CC2)c1O. The molecular weight excluding hydrogens is 415 g/mol.